The third-order valence-electron chi connectivity index (χ3n) is 3.50. The van der Waals surface area contributed by atoms with Gasteiger partial charge in [-0.25, -0.2) is 15.0 Å². The molecule has 2 aliphatic rings. The quantitative estimate of drug-likeness (QED) is 0.681. The van der Waals surface area contributed by atoms with Gasteiger partial charge in [0.1, 0.15) is 11.8 Å². The summed E-state index contributed by atoms with van der Waals surface area (Å²) in [6.45, 7) is 0. The van der Waals surface area contributed by atoms with E-state index in [1.807, 2.05) is 30.5 Å². The van der Waals surface area contributed by atoms with Gasteiger partial charge in [0, 0.05) is 18.0 Å². The summed E-state index contributed by atoms with van der Waals surface area (Å²) in [5.74, 6) is 0.753. The second-order valence-electron chi connectivity index (χ2n) is 4.64. The monoisotopic (exact) mass is 244 g/mol. The van der Waals surface area contributed by atoms with E-state index in [1.54, 1.807) is 12.3 Å². The molecule has 1 spiro atoms. The van der Waals surface area contributed by atoms with E-state index in [9.17, 15) is 0 Å². The Bertz CT molecular complexity index is 889. The SMILES string of the molecule is N#Cc1ccc2c(n1)=CC1(C=Nc3ncccc31)C=2. The van der Waals surface area contributed by atoms with Crippen molar-refractivity contribution in [2.45, 2.75) is 5.41 Å². The second-order valence-corrected chi connectivity index (χ2v) is 4.64. The van der Waals surface area contributed by atoms with Crippen LogP contribution in [0, 0.1) is 11.3 Å². The van der Waals surface area contributed by atoms with Crippen LogP contribution in [0.1, 0.15) is 11.3 Å². The number of rotatable bonds is 0. The van der Waals surface area contributed by atoms with Gasteiger partial charge in [-0.3, -0.25) is 0 Å². The first-order valence-electron chi connectivity index (χ1n) is 5.94. The maximum Gasteiger partial charge on any atom is 0.156 e. The number of pyridine rings is 2. The van der Waals surface area contributed by atoms with Crippen molar-refractivity contribution in [3.63, 3.8) is 0 Å². The summed E-state index contributed by atoms with van der Waals surface area (Å²) in [6.07, 6.45) is 7.79. The zero-order chi connectivity index (χ0) is 12.9. The topological polar surface area (TPSA) is 61.9 Å². The molecule has 1 atom stereocenters. The van der Waals surface area contributed by atoms with Crippen LogP contribution in [-0.4, -0.2) is 16.2 Å². The van der Waals surface area contributed by atoms with Crippen LogP contribution in [0.5, 0.6) is 0 Å². The molecule has 0 fully saturated rings. The Kier molecular flexibility index (Phi) is 1.80. The Labute approximate surface area is 109 Å². The van der Waals surface area contributed by atoms with Crippen LogP contribution in [0.4, 0.5) is 5.82 Å². The van der Waals surface area contributed by atoms with Crippen LogP contribution < -0.4 is 10.6 Å². The van der Waals surface area contributed by atoms with E-state index < -0.39 is 0 Å². The Morgan fingerprint density at radius 1 is 1.16 bits per heavy atom. The standard InChI is InChI=1S/C15H8N4/c16-8-11-4-3-10-6-15(7-13(10)19-11)9-18-14-12(15)2-1-5-17-14/h1-7,9H. The average Bonchev–Trinajstić information content (AvgIpc) is 3.00. The molecule has 0 N–H and O–H groups in total. The van der Waals surface area contributed by atoms with E-state index in [0.29, 0.717) is 5.69 Å². The van der Waals surface area contributed by atoms with Crippen LogP contribution in [0.15, 0.2) is 35.5 Å². The van der Waals surface area contributed by atoms with Crippen LogP contribution >= 0.6 is 0 Å². The van der Waals surface area contributed by atoms with Crippen molar-refractivity contribution in [2.24, 2.45) is 4.99 Å². The zero-order valence-corrected chi connectivity index (χ0v) is 9.91. The van der Waals surface area contributed by atoms with E-state index in [1.165, 1.54) is 0 Å². The summed E-state index contributed by atoms with van der Waals surface area (Å²) in [5.41, 5.74) is 1.14. The first-order chi connectivity index (χ1) is 9.31. The molecule has 1 aliphatic carbocycles. The molecule has 1 unspecified atom stereocenters. The molecule has 3 heterocycles. The Morgan fingerprint density at radius 3 is 3.00 bits per heavy atom. The van der Waals surface area contributed by atoms with E-state index >= 15 is 0 Å². The predicted octanol–water partition coefficient (Wildman–Crippen LogP) is 0.577. The molecular formula is C15H8N4. The Hall–Kier alpha value is -2.80. The van der Waals surface area contributed by atoms with Gasteiger partial charge >= 0.3 is 0 Å². The second kappa shape index (κ2) is 3.36. The van der Waals surface area contributed by atoms with Gasteiger partial charge in [0.25, 0.3) is 0 Å². The molecule has 4 rings (SSSR count). The van der Waals surface area contributed by atoms with Crippen molar-refractivity contribution in [2.75, 3.05) is 0 Å². The maximum absolute atomic E-state index is 8.91. The van der Waals surface area contributed by atoms with Crippen molar-refractivity contribution >= 4 is 24.2 Å². The van der Waals surface area contributed by atoms with Gasteiger partial charge in [0.05, 0.1) is 10.8 Å². The summed E-state index contributed by atoms with van der Waals surface area (Å²) in [4.78, 5) is 13.0. The highest BCUT2D eigenvalue weighted by Gasteiger charge is 2.35. The fourth-order valence-electron chi connectivity index (χ4n) is 2.62. The van der Waals surface area contributed by atoms with Gasteiger partial charge in [-0.15, -0.1) is 0 Å². The van der Waals surface area contributed by atoms with Gasteiger partial charge < -0.3 is 0 Å². The highest BCUT2D eigenvalue weighted by atomic mass is 14.9. The van der Waals surface area contributed by atoms with Crippen LogP contribution in [0.2, 0.25) is 0 Å². The summed E-state index contributed by atoms with van der Waals surface area (Å²) < 4.78 is 0. The van der Waals surface area contributed by atoms with Gasteiger partial charge in [0.15, 0.2) is 5.82 Å². The molecule has 0 saturated heterocycles. The Morgan fingerprint density at radius 2 is 2.11 bits per heavy atom. The minimum absolute atomic E-state index is 0.354. The van der Waals surface area contributed by atoms with E-state index in [4.69, 9.17) is 5.26 Å². The summed E-state index contributed by atoms with van der Waals surface area (Å²) >= 11 is 0. The third-order valence-corrected chi connectivity index (χ3v) is 3.50. The molecule has 0 aromatic carbocycles. The van der Waals surface area contributed by atoms with Gasteiger partial charge in [-0.05, 0) is 23.4 Å². The molecule has 19 heavy (non-hydrogen) atoms. The first kappa shape index (κ1) is 10.2. The lowest BCUT2D eigenvalue weighted by molar-refractivity contribution is 1.07. The lowest BCUT2D eigenvalue weighted by atomic mass is 9.85. The molecule has 4 nitrogen and oxygen atoms in total. The molecule has 2 aromatic rings. The number of nitriles is 1. The minimum Gasteiger partial charge on any atom is -0.240 e. The number of fused-ring (bicyclic) bond motifs is 3. The van der Waals surface area contributed by atoms with E-state index in [-0.39, 0.29) is 5.41 Å². The molecule has 4 heteroatoms. The smallest absolute Gasteiger partial charge is 0.156 e. The number of nitrogens with zero attached hydrogens (tertiary/aromatic N) is 4. The van der Waals surface area contributed by atoms with Crippen LogP contribution in [-0.2, 0) is 5.41 Å². The van der Waals surface area contributed by atoms with Gasteiger partial charge in [0.2, 0.25) is 0 Å². The van der Waals surface area contributed by atoms with Gasteiger partial charge in [-0.1, -0.05) is 18.2 Å². The van der Waals surface area contributed by atoms with Crippen molar-refractivity contribution in [3.8, 4) is 6.07 Å². The van der Waals surface area contributed by atoms with E-state index in [2.05, 4.69) is 27.1 Å². The lowest BCUT2D eigenvalue weighted by Gasteiger charge is -2.15. The fraction of sp³-hybridized carbons (Fsp3) is 0.0667. The number of aliphatic imine (C=N–C) groups is 1. The third kappa shape index (κ3) is 1.30. The van der Waals surface area contributed by atoms with Crippen molar-refractivity contribution in [1.82, 2.24) is 9.97 Å². The predicted molar refractivity (Wildman–Crippen MR) is 71.2 cm³/mol. The molecule has 0 saturated carbocycles. The molecule has 0 radical (unpaired) electrons. The molecule has 2 aromatic heterocycles. The van der Waals surface area contributed by atoms with Crippen LogP contribution in [0.25, 0.3) is 12.2 Å². The minimum atomic E-state index is -0.354. The van der Waals surface area contributed by atoms with Crippen LogP contribution in [0.3, 0.4) is 0 Å². The lowest BCUT2D eigenvalue weighted by Crippen LogP contribution is -2.25. The molecule has 0 amide bonds. The summed E-state index contributed by atoms with van der Waals surface area (Å²) in [5, 5.41) is 10.8. The zero-order valence-electron chi connectivity index (χ0n) is 9.91. The van der Waals surface area contributed by atoms with Crippen molar-refractivity contribution in [1.29, 1.82) is 5.26 Å². The molecular weight excluding hydrogens is 236 g/mol. The molecule has 1 aliphatic heterocycles. The normalized spacial score (nSPS) is 21.4. The largest absolute Gasteiger partial charge is 0.240 e. The fourth-order valence-corrected chi connectivity index (χ4v) is 2.62. The van der Waals surface area contributed by atoms with Gasteiger partial charge in [-0.2, -0.15) is 5.26 Å². The number of hydrogen-bond acceptors (Lipinski definition) is 4. The molecule has 0 bridgehead atoms. The highest BCUT2D eigenvalue weighted by Crippen LogP contribution is 2.38. The van der Waals surface area contributed by atoms with E-state index in [0.717, 1.165) is 21.9 Å². The average molecular weight is 244 g/mol. The summed E-state index contributed by atoms with van der Waals surface area (Å²) in [6, 6.07) is 9.66. The number of hydrogen-bond donors (Lipinski definition) is 0. The van der Waals surface area contributed by atoms with Crippen molar-refractivity contribution < 1.29 is 0 Å². The summed E-state index contributed by atoms with van der Waals surface area (Å²) in [7, 11) is 0. The maximum atomic E-state index is 8.91. The number of aromatic nitrogens is 2. The molecule has 88 valence electrons. The Balaban J connectivity index is 2.01. The van der Waals surface area contributed by atoms with Crippen molar-refractivity contribution in [3.05, 3.63) is 52.3 Å². The highest BCUT2D eigenvalue weighted by molar-refractivity contribution is 5.99. The first-order valence-corrected chi connectivity index (χ1v) is 5.94.